The van der Waals surface area contributed by atoms with Gasteiger partial charge in [0, 0.05) is 5.56 Å². The van der Waals surface area contributed by atoms with Crippen molar-refractivity contribution in [3.8, 4) is 11.5 Å². The molecule has 1 aromatic rings. The minimum absolute atomic E-state index is 0.144. The summed E-state index contributed by atoms with van der Waals surface area (Å²) in [4.78, 5) is 34.2. The number of nitrogens with one attached hydrogen (secondary N) is 1. The van der Waals surface area contributed by atoms with Gasteiger partial charge in [0.15, 0.2) is 11.5 Å². The van der Waals surface area contributed by atoms with Crippen LogP contribution in [0, 0.1) is 13.8 Å². The molecule has 156 valence electrons. The van der Waals surface area contributed by atoms with Crippen molar-refractivity contribution < 1.29 is 25.5 Å². The Hall–Kier alpha value is -2.70. The normalized spacial score (nSPS) is 15.0. The van der Waals surface area contributed by atoms with E-state index in [1.807, 2.05) is 11.9 Å². The van der Waals surface area contributed by atoms with Crippen molar-refractivity contribution in [2.24, 2.45) is 0 Å². The number of aromatic amines is 1. The second-order valence-corrected chi connectivity index (χ2v) is 6.90. The van der Waals surface area contributed by atoms with Crippen LogP contribution < -0.4 is 11.2 Å². The van der Waals surface area contributed by atoms with E-state index in [0.29, 0.717) is 16.6 Å². The van der Waals surface area contributed by atoms with Gasteiger partial charge in [-0.2, -0.15) is 4.98 Å². The lowest BCUT2D eigenvalue weighted by Gasteiger charge is -2.26. The van der Waals surface area contributed by atoms with Gasteiger partial charge in [-0.3, -0.25) is 9.78 Å². The number of hydrogen-bond acceptors (Lipinski definition) is 9. The predicted octanol–water partition coefficient (Wildman–Crippen LogP) is -2.23. The number of benzene rings is 1. The predicted molar refractivity (Wildman–Crippen MR) is 102 cm³/mol. The van der Waals surface area contributed by atoms with Crippen molar-refractivity contribution in [2.75, 3.05) is 6.61 Å². The Morgan fingerprint density at radius 2 is 1.79 bits per heavy atom. The second-order valence-electron chi connectivity index (χ2n) is 6.90. The molecule has 2 aliphatic rings. The zero-order valence-electron chi connectivity index (χ0n) is 15.8. The molecular weight excluding hydrogens is 384 g/mol. The number of H-pyrrole nitrogens is 1. The number of nitrogens with zero attached hydrogens (tertiary/aromatic N) is 3. The highest BCUT2D eigenvalue weighted by Crippen LogP contribution is 2.29. The number of aliphatic hydroxyl groups excluding tert-OH is 5. The van der Waals surface area contributed by atoms with E-state index in [4.69, 9.17) is 5.11 Å². The third-order valence-electron chi connectivity index (χ3n) is 5.04. The Labute approximate surface area is 163 Å². The molecule has 2 heterocycles. The molecule has 0 bridgehead atoms. The molecule has 11 heteroatoms. The smallest absolute Gasteiger partial charge is 0.349 e. The molecular formula is C18H22N4O7. The SMILES string of the molecule is Cc1cc2nc3c(=O)[nH]c(=O)nc-3n(C[C@@H](O)[C@@H](O)[C@@H](O)CO)c2c(CO)c1C. The zero-order valence-corrected chi connectivity index (χ0v) is 15.8. The molecule has 0 saturated carbocycles. The van der Waals surface area contributed by atoms with Gasteiger partial charge in [-0.05, 0) is 31.0 Å². The van der Waals surface area contributed by atoms with Crippen molar-refractivity contribution in [3.05, 3.63) is 43.6 Å². The van der Waals surface area contributed by atoms with E-state index in [9.17, 15) is 30.0 Å². The fourth-order valence-electron chi connectivity index (χ4n) is 3.32. The molecule has 0 saturated heterocycles. The van der Waals surface area contributed by atoms with Crippen molar-refractivity contribution in [2.45, 2.75) is 45.3 Å². The molecule has 0 spiro atoms. The average Bonchev–Trinajstić information content (AvgIpc) is 2.68. The Balaban J connectivity index is 2.38. The molecule has 29 heavy (non-hydrogen) atoms. The quantitative estimate of drug-likeness (QED) is 0.247. The van der Waals surface area contributed by atoms with Gasteiger partial charge in [-0.15, -0.1) is 0 Å². The lowest BCUT2D eigenvalue weighted by Crippen LogP contribution is -2.42. The van der Waals surface area contributed by atoms with Gasteiger partial charge in [0.25, 0.3) is 5.56 Å². The lowest BCUT2D eigenvalue weighted by molar-refractivity contribution is -0.0802. The summed E-state index contributed by atoms with van der Waals surface area (Å²) in [6.07, 6.45) is -4.89. The maximum Gasteiger partial charge on any atom is 0.349 e. The molecule has 1 aromatic carbocycles. The van der Waals surface area contributed by atoms with Crippen LogP contribution in [0.5, 0.6) is 0 Å². The van der Waals surface area contributed by atoms with Crippen molar-refractivity contribution in [1.29, 1.82) is 0 Å². The van der Waals surface area contributed by atoms with Crippen molar-refractivity contribution in [3.63, 3.8) is 0 Å². The van der Waals surface area contributed by atoms with Crippen molar-refractivity contribution in [1.82, 2.24) is 19.5 Å². The topological polar surface area (TPSA) is 182 Å². The highest BCUT2D eigenvalue weighted by Gasteiger charge is 2.28. The van der Waals surface area contributed by atoms with Gasteiger partial charge < -0.3 is 30.1 Å². The van der Waals surface area contributed by atoms with Crippen LogP contribution in [0.3, 0.4) is 0 Å². The van der Waals surface area contributed by atoms with Gasteiger partial charge in [0.1, 0.15) is 18.3 Å². The van der Waals surface area contributed by atoms with Crippen LogP contribution in [0.2, 0.25) is 0 Å². The van der Waals surface area contributed by atoms with Crippen LogP contribution in [-0.4, -0.2) is 70.0 Å². The third-order valence-corrected chi connectivity index (χ3v) is 5.04. The maximum absolute atomic E-state index is 12.3. The standard InChI is InChI=1S/C18H22N4O7/c1-7-3-10-14(9(5-23)8(7)2)22(4-11(25)15(27)12(26)6-24)16-13(19-10)17(28)21-18(29)20-16/h3,11-12,15,23-27H,4-6H2,1-2H3,(H,21,28,29)/t11-,12+,15-/m1/s1. The van der Waals surface area contributed by atoms with Crippen LogP contribution in [-0.2, 0) is 13.2 Å². The summed E-state index contributed by atoms with van der Waals surface area (Å²) >= 11 is 0. The summed E-state index contributed by atoms with van der Waals surface area (Å²) in [5.74, 6) is -0.144. The largest absolute Gasteiger partial charge is 0.394 e. The van der Waals surface area contributed by atoms with Crippen LogP contribution in [0.1, 0.15) is 16.7 Å². The van der Waals surface area contributed by atoms with E-state index >= 15 is 0 Å². The molecule has 0 aliphatic carbocycles. The monoisotopic (exact) mass is 406 g/mol. The molecule has 0 fully saturated rings. The molecule has 2 aliphatic heterocycles. The van der Waals surface area contributed by atoms with Crippen molar-refractivity contribution >= 4 is 11.0 Å². The number of aromatic nitrogens is 4. The van der Waals surface area contributed by atoms with Gasteiger partial charge in [-0.1, -0.05) is 0 Å². The summed E-state index contributed by atoms with van der Waals surface area (Å²) in [5.41, 5.74) is 0.794. The minimum atomic E-state index is -1.70. The zero-order chi connectivity index (χ0) is 21.5. The van der Waals surface area contributed by atoms with Gasteiger partial charge in [-0.25, -0.2) is 9.78 Å². The summed E-state index contributed by atoms with van der Waals surface area (Å²) in [6, 6.07) is 1.69. The summed E-state index contributed by atoms with van der Waals surface area (Å²) < 4.78 is 1.31. The molecule has 0 radical (unpaired) electrons. The van der Waals surface area contributed by atoms with Crippen LogP contribution in [0.25, 0.3) is 22.6 Å². The van der Waals surface area contributed by atoms with Gasteiger partial charge >= 0.3 is 5.69 Å². The number of aliphatic hydroxyl groups is 5. The fraction of sp³-hybridized carbons (Fsp3) is 0.444. The lowest BCUT2D eigenvalue weighted by atomic mass is 10.00. The minimum Gasteiger partial charge on any atom is -0.394 e. The highest BCUT2D eigenvalue weighted by atomic mass is 16.4. The Bertz CT molecular complexity index is 1140. The Kier molecular flexibility index (Phi) is 5.78. The van der Waals surface area contributed by atoms with E-state index in [0.717, 1.165) is 11.1 Å². The molecule has 0 amide bonds. The first-order valence-electron chi connectivity index (χ1n) is 8.89. The Morgan fingerprint density at radius 1 is 1.10 bits per heavy atom. The third kappa shape index (κ3) is 3.66. The summed E-state index contributed by atoms with van der Waals surface area (Å²) in [5, 5.41) is 49.0. The molecule has 11 nitrogen and oxygen atoms in total. The number of rotatable bonds is 6. The first kappa shape index (κ1) is 21.0. The van der Waals surface area contributed by atoms with E-state index in [1.54, 1.807) is 13.0 Å². The highest BCUT2D eigenvalue weighted by molar-refractivity contribution is 5.84. The summed E-state index contributed by atoms with van der Waals surface area (Å²) in [6.45, 7) is 2.04. The average molecular weight is 406 g/mol. The van der Waals surface area contributed by atoms with E-state index in [2.05, 4.69) is 9.97 Å². The molecule has 3 atom stereocenters. The Morgan fingerprint density at radius 3 is 2.41 bits per heavy atom. The van der Waals surface area contributed by atoms with Gasteiger partial charge in [0.2, 0.25) is 0 Å². The van der Waals surface area contributed by atoms with E-state index < -0.39 is 36.2 Å². The van der Waals surface area contributed by atoms with Crippen LogP contribution in [0.15, 0.2) is 15.7 Å². The maximum atomic E-state index is 12.3. The second kappa shape index (κ2) is 7.97. The first-order valence-corrected chi connectivity index (χ1v) is 8.89. The molecule has 6 N–H and O–H groups in total. The number of hydrogen-bond donors (Lipinski definition) is 6. The van der Waals surface area contributed by atoms with Gasteiger partial charge in [0.05, 0.1) is 30.8 Å². The fourth-order valence-corrected chi connectivity index (χ4v) is 3.32. The number of aryl methyl sites for hydroxylation is 1. The molecule has 3 rings (SSSR count). The first-order chi connectivity index (χ1) is 13.7. The van der Waals surface area contributed by atoms with E-state index in [-0.39, 0.29) is 24.7 Å². The molecule has 0 aromatic heterocycles. The summed E-state index contributed by atoms with van der Waals surface area (Å²) in [7, 11) is 0. The van der Waals surface area contributed by atoms with E-state index in [1.165, 1.54) is 4.57 Å². The molecule has 0 unspecified atom stereocenters. The van der Waals surface area contributed by atoms with Crippen LogP contribution >= 0.6 is 0 Å². The number of fused-ring (bicyclic) bond motifs is 2. The van der Waals surface area contributed by atoms with Crippen LogP contribution in [0.4, 0.5) is 0 Å².